The zero-order valence-electron chi connectivity index (χ0n) is 18.6. The first kappa shape index (κ1) is 21.0. The van der Waals surface area contributed by atoms with Crippen LogP contribution >= 0.6 is 0 Å². The Hall–Kier alpha value is -2.30. The number of amides is 1. The van der Waals surface area contributed by atoms with Crippen molar-refractivity contribution in [2.45, 2.75) is 77.8 Å². The highest BCUT2D eigenvalue weighted by Crippen LogP contribution is 2.32. The van der Waals surface area contributed by atoms with E-state index in [2.05, 4.69) is 24.5 Å². The molecule has 1 saturated heterocycles. The van der Waals surface area contributed by atoms with Crippen LogP contribution in [0.1, 0.15) is 73.0 Å². The Morgan fingerprint density at radius 2 is 1.77 bits per heavy atom. The van der Waals surface area contributed by atoms with Gasteiger partial charge in [0.25, 0.3) is 5.91 Å². The van der Waals surface area contributed by atoms with Gasteiger partial charge in [-0.15, -0.1) is 0 Å². The summed E-state index contributed by atoms with van der Waals surface area (Å²) in [5.74, 6) is 0.377. The molecule has 1 aliphatic heterocycles. The Labute approximate surface area is 179 Å². The topological polar surface area (TPSA) is 51.5 Å². The van der Waals surface area contributed by atoms with Gasteiger partial charge in [-0.25, -0.2) is 4.79 Å². The third-order valence-corrected chi connectivity index (χ3v) is 7.29. The third-order valence-electron chi connectivity index (χ3n) is 7.29. The smallest absolute Gasteiger partial charge is 0.328 e. The molecule has 2 aromatic rings. The molecule has 1 aliphatic carbocycles. The van der Waals surface area contributed by atoms with E-state index in [9.17, 15) is 9.59 Å². The SMILES string of the molecule is COC(=O)[C@H]1CCCCN1C(=O)c1ccc2c(c1)c(C)c(C)n2CC1CCCCC1. The monoisotopic (exact) mass is 410 g/mol. The summed E-state index contributed by atoms with van der Waals surface area (Å²) in [7, 11) is 1.40. The molecular formula is C25H34N2O3. The minimum atomic E-state index is -0.467. The molecule has 5 nitrogen and oxygen atoms in total. The van der Waals surface area contributed by atoms with Crippen LogP contribution in [0.15, 0.2) is 18.2 Å². The molecule has 1 saturated carbocycles. The fraction of sp³-hybridized carbons (Fsp3) is 0.600. The van der Waals surface area contributed by atoms with Crippen molar-refractivity contribution in [2.75, 3.05) is 13.7 Å². The number of aromatic nitrogens is 1. The second kappa shape index (κ2) is 8.83. The van der Waals surface area contributed by atoms with E-state index in [0.29, 0.717) is 18.5 Å². The van der Waals surface area contributed by atoms with E-state index < -0.39 is 6.04 Å². The maximum atomic E-state index is 13.3. The number of nitrogens with zero attached hydrogens (tertiary/aromatic N) is 2. The number of hydrogen-bond donors (Lipinski definition) is 0. The molecule has 1 amide bonds. The summed E-state index contributed by atoms with van der Waals surface area (Å²) in [5, 5.41) is 1.15. The molecular weight excluding hydrogens is 376 g/mol. The quantitative estimate of drug-likeness (QED) is 0.666. The Morgan fingerprint density at radius 1 is 1.03 bits per heavy atom. The molecule has 162 valence electrons. The summed E-state index contributed by atoms with van der Waals surface area (Å²) in [6, 6.07) is 5.60. The van der Waals surface area contributed by atoms with Crippen LogP contribution in [-0.4, -0.2) is 41.0 Å². The number of esters is 1. The Kier molecular flexibility index (Phi) is 6.16. The number of ether oxygens (including phenoxy) is 1. The largest absolute Gasteiger partial charge is 0.467 e. The lowest BCUT2D eigenvalue weighted by atomic mass is 9.89. The summed E-state index contributed by atoms with van der Waals surface area (Å²) < 4.78 is 7.40. The van der Waals surface area contributed by atoms with Crippen molar-refractivity contribution in [3.05, 3.63) is 35.0 Å². The molecule has 2 aliphatic rings. The molecule has 1 atom stereocenters. The highest BCUT2D eigenvalue weighted by Gasteiger charge is 2.33. The average Bonchev–Trinajstić information content (AvgIpc) is 3.03. The zero-order valence-corrected chi connectivity index (χ0v) is 18.6. The first-order chi connectivity index (χ1) is 14.5. The standard InChI is InChI=1S/C25H34N2O3/c1-17-18(2)27(16-19-9-5-4-6-10-19)22-13-12-20(15-21(17)22)24(28)26-14-8-7-11-23(26)25(29)30-3/h12-13,15,19,23H,4-11,14,16H2,1-3H3/t23-/m1/s1. The summed E-state index contributed by atoms with van der Waals surface area (Å²) in [4.78, 5) is 27.2. The highest BCUT2D eigenvalue weighted by molar-refractivity contribution is 6.01. The van der Waals surface area contributed by atoms with Gasteiger partial charge in [0.05, 0.1) is 7.11 Å². The van der Waals surface area contributed by atoms with Crippen LogP contribution in [0.25, 0.3) is 10.9 Å². The van der Waals surface area contributed by atoms with Gasteiger partial charge in [0.15, 0.2) is 0 Å². The van der Waals surface area contributed by atoms with E-state index >= 15 is 0 Å². The predicted octanol–water partition coefficient (Wildman–Crippen LogP) is 5.01. The van der Waals surface area contributed by atoms with Gasteiger partial charge in [0.1, 0.15) is 6.04 Å². The van der Waals surface area contributed by atoms with Crippen molar-refractivity contribution in [1.82, 2.24) is 9.47 Å². The maximum absolute atomic E-state index is 13.3. The number of carbonyl (C=O) groups excluding carboxylic acids is 2. The average molecular weight is 411 g/mol. The first-order valence-electron chi connectivity index (χ1n) is 11.5. The van der Waals surface area contributed by atoms with Crippen molar-refractivity contribution in [1.29, 1.82) is 0 Å². The number of fused-ring (bicyclic) bond motifs is 1. The molecule has 0 unspecified atom stereocenters. The van der Waals surface area contributed by atoms with Crippen LogP contribution in [0, 0.1) is 19.8 Å². The molecule has 0 spiro atoms. The van der Waals surface area contributed by atoms with Gasteiger partial charge in [0, 0.05) is 35.2 Å². The van der Waals surface area contributed by atoms with E-state index in [1.54, 1.807) is 4.90 Å². The van der Waals surface area contributed by atoms with Crippen LogP contribution in [0.2, 0.25) is 0 Å². The van der Waals surface area contributed by atoms with Gasteiger partial charge < -0.3 is 14.2 Å². The van der Waals surface area contributed by atoms with Gasteiger partial charge in [-0.1, -0.05) is 19.3 Å². The molecule has 5 heteroatoms. The summed E-state index contributed by atoms with van der Waals surface area (Å²) >= 11 is 0. The zero-order chi connectivity index (χ0) is 21.3. The molecule has 1 aromatic carbocycles. The highest BCUT2D eigenvalue weighted by atomic mass is 16.5. The van der Waals surface area contributed by atoms with Crippen molar-refractivity contribution in [2.24, 2.45) is 5.92 Å². The van der Waals surface area contributed by atoms with Crippen molar-refractivity contribution < 1.29 is 14.3 Å². The number of aryl methyl sites for hydroxylation is 1. The van der Waals surface area contributed by atoms with Gasteiger partial charge in [0.2, 0.25) is 0 Å². The molecule has 0 bridgehead atoms. The molecule has 2 fully saturated rings. The lowest BCUT2D eigenvalue weighted by Crippen LogP contribution is -2.48. The number of rotatable bonds is 4. The van der Waals surface area contributed by atoms with Gasteiger partial charge in [-0.2, -0.15) is 0 Å². The molecule has 2 heterocycles. The van der Waals surface area contributed by atoms with Gasteiger partial charge in [-0.05, 0) is 75.6 Å². The fourth-order valence-electron chi connectivity index (χ4n) is 5.37. The lowest BCUT2D eigenvalue weighted by Gasteiger charge is -2.33. The second-order valence-corrected chi connectivity index (χ2v) is 9.09. The predicted molar refractivity (Wildman–Crippen MR) is 119 cm³/mol. The maximum Gasteiger partial charge on any atom is 0.328 e. The molecule has 0 N–H and O–H groups in total. The van der Waals surface area contributed by atoms with Crippen LogP contribution in [0.4, 0.5) is 0 Å². The molecule has 30 heavy (non-hydrogen) atoms. The summed E-state index contributed by atoms with van der Waals surface area (Å²) in [6.07, 6.45) is 9.25. The molecule has 4 rings (SSSR count). The Bertz CT molecular complexity index is 940. The van der Waals surface area contributed by atoms with Crippen LogP contribution < -0.4 is 0 Å². The van der Waals surface area contributed by atoms with Crippen LogP contribution in [-0.2, 0) is 16.1 Å². The lowest BCUT2D eigenvalue weighted by molar-refractivity contribution is -0.147. The van der Waals surface area contributed by atoms with E-state index in [4.69, 9.17) is 4.74 Å². The van der Waals surface area contributed by atoms with Crippen molar-refractivity contribution >= 4 is 22.8 Å². The van der Waals surface area contributed by atoms with Crippen molar-refractivity contribution in [3.63, 3.8) is 0 Å². The van der Waals surface area contributed by atoms with E-state index in [-0.39, 0.29) is 11.9 Å². The first-order valence-corrected chi connectivity index (χ1v) is 11.5. The summed E-state index contributed by atoms with van der Waals surface area (Å²) in [5.41, 5.74) is 4.43. The number of carbonyl (C=O) groups is 2. The number of likely N-dealkylation sites (tertiary alicyclic amines) is 1. The van der Waals surface area contributed by atoms with Crippen molar-refractivity contribution in [3.8, 4) is 0 Å². The number of piperidine rings is 1. The minimum absolute atomic E-state index is 0.0657. The number of hydrogen-bond acceptors (Lipinski definition) is 3. The van der Waals surface area contributed by atoms with Crippen LogP contribution in [0.5, 0.6) is 0 Å². The van der Waals surface area contributed by atoms with E-state index in [0.717, 1.165) is 30.7 Å². The normalized spacial score (nSPS) is 20.5. The number of benzene rings is 1. The van der Waals surface area contributed by atoms with E-state index in [1.807, 2.05) is 12.1 Å². The third kappa shape index (κ3) is 3.86. The minimum Gasteiger partial charge on any atom is -0.467 e. The Morgan fingerprint density at radius 3 is 2.50 bits per heavy atom. The van der Waals surface area contributed by atoms with Crippen LogP contribution in [0.3, 0.4) is 0 Å². The Balaban J connectivity index is 1.63. The molecule has 0 radical (unpaired) electrons. The van der Waals surface area contributed by atoms with Gasteiger partial charge >= 0.3 is 5.97 Å². The fourth-order valence-corrected chi connectivity index (χ4v) is 5.37. The molecule has 1 aromatic heterocycles. The van der Waals surface area contributed by atoms with E-state index in [1.165, 1.54) is 56.0 Å². The second-order valence-electron chi connectivity index (χ2n) is 9.09. The summed E-state index contributed by atoms with van der Waals surface area (Å²) in [6.45, 7) is 6.02. The number of methoxy groups -OCH3 is 1. The van der Waals surface area contributed by atoms with Gasteiger partial charge in [-0.3, -0.25) is 4.79 Å².